The maximum absolute atomic E-state index is 8.72. The molecule has 0 amide bonds. The number of hydrogen-bond donors (Lipinski definition) is 2. The first-order valence-electron chi connectivity index (χ1n) is 3.96. The Morgan fingerprint density at radius 2 is 2.15 bits per heavy atom. The van der Waals surface area contributed by atoms with Gasteiger partial charge in [-0.15, -0.1) is 0 Å². The molecule has 2 nitrogen and oxygen atoms in total. The molecular formula is C9H11ClINO. The quantitative estimate of drug-likeness (QED) is 0.842. The minimum absolute atomic E-state index is 0.101. The molecule has 0 saturated heterocycles. The van der Waals surface area contributed by atoms with Gasteiger partial charge in [0.1, 0.15) is 0 Å². The van der Waals surface area contributed by atoms with Crippen molar-refractivity contribution < 1.29 is 5.11 Å². The summed E-state index contributed by atoms with van der Waals surface area (Å²) in [7, 11) is 0. The largest absolute Gasteiger partial charge is 0.396 e. The number of benzene rings is 1. The van der Waals surface area contributed by atoms with E-state index < -0.39 is 0 Å². The smallest absolute Gasteiger partial charge is 0.0449 e. The molecule has 0 fully saturated rings. The van der Waals surface area contributed by atoms with E-state index in [2.05, 4.69) is 22.6 Å². The van der Waals surface area contributed by atoms with E-state index in [4.69, 9.17) is 22.4 Å². The summed E-state index contributed by atoms with van der Waals surface area (Å²) in [5, 5.41) is 9.41. The second-order valence-electron chi connectivity index (χ2n) is 2.82. The Morgan fingerprint density at radius 3 is 2.69 bits per heavy atom. The zero-order valence-electron chi connectivity index (χ0n) is 7.00. The summed E-state index contributed by atoms with van der Waals surface area (Å²) < 4.78 is 1.06. The Morgan fingerprint density at radius 1 is 1.46 bits per heavy atom. The molecular weight excluding hydrogens is 300 g/mol. The van der Waals surface area contributed by atoms with Crippen LogP contribution < -0.4 is 5.73 Å². The van der Waals surface area contributed by atoms with Crippen molar-refractivity contribution in [3.63, 3.8) is 0 Å². The highest BCUT2D eigenvalue weighted by Gasteiger charge is 2.06. The van der Waals surface area contributed by atoms with Crippen LogP contribution in [0.2, 0.25) is 5.02 Å². The molecule has 0 aliphatic heterocycles. The van der Waals surface area contributed by atoms with Crippen molar-refractivity contribution in [1.82, 2.24) is 0 Å². The fourth-order valence-electron chi connectivity index (χ4n) is 1.09. The normalized spacial score (nSPS) is 12.9. The molecule has 0 aromatic heterocycles. The van der Waals surface area contributed by atoms with Crippen LogP contribution in [0.4, 0.5) is 0 Å². The summed E-state index contributed by atoms with van der Waals surface area (Å²) in [5.41, 5.74) is 6.80. The zero-order chi connectivity index (χ0) is 9.84. The number of nitrogens with two attached hydrogens (primary N) is 1. The SMILES string of the molecule is N[C@H](CCO)c1cc(Cl)cc(I)c1. The van der Waals surface area contributed by atoms with Gasteiger partial charge in [0.2, 0.25) is 0 Å². The lowest BCUT2D eigenvalue weighted by Crippen LogP contribution is -2.11. The summed E-state index contributed by atoms with van der Waals surface area (Å²) >= 11 is 8.06. The predicted octanol–water partition coefficient (Wildman–Crippen LogP) is 2.33. The van der Waals surface area contributed by atoms with Gasteiger partial charge in [0.05, 0.1) is 0 Å². The first-order chi connectivity index (χ1) is 6.13. The van der Waals surface area contributed by atoms with Gasteiger partial charge in [-0.2, -0.15) is 0 Å². The minimum atomic E-state index is -0.128. The van der Waals surface area contributed by atoms with Gasteiger partial charge in [0, 0.05) is 21.2 Å². The Balaban J connectivity index is 2.87. The molecule has 72 valence electrons. The highest BCUT2D eigenvalue weighted by molar-refractivity contribution is 14.1. The molecule has 1 atom stereocenters. The van der Waals surface area contributed by atoms with Crippen molar-refractivity contribution in [2.75, 3.05) is 6.61 Å². The van der Waals surface area contributed by atoms with Gasteiger partial charge in [-0.05, 0) is 52.8 Å². The molecule has 0 unspecified atom stereocenters. The lowest BCUT2D eigenvalue weighted by Gasteiger charge is -2.10. The van der Waals surface area contributed by atoms with Gasteiger partial charge < -0.3 is 10.8 Å². The van der Waals surface area contributed by atoms with E-state index in [9.17, 15) is 0 Å². The number of aliphatic hydroxyl groups is 1. The molecule has 0 aliphatic carbocycles. The third kappa shape index (κ3) is 3.42. The van der Waals surface area contributed by atoms with E-state index >= 15 is 0 Å². The first kappa shape index (κ1) is 11.2. The van der Waals surface area contributed by atoms with Crippen molar-refractivity contribution in [3.8, 4) is 0 Å². The lowest BCUT2D eigenvalue weighted by molar-refractivity contribution is 0.276. The Bertz CT molecular complexity index is 273. The second-order valence-corrected chi connectivity index (χ2v) is 4.50. The van der Waals surface area contributed by atoms with Crippen molar-refractivity contribution in [2.24, 2.45) is 5.73 Å². The Labute approximate surface area is 96.2 Å². The van der Waals surface area contributed by atoms with E-state index in [0.717, 1.165) is 9.13 Å². The molecule has 0 spiro atoms. The van der Waals surface area contributed by atoms with Crippen LogP contribution in [0.3, 0.4) is 0 Å². The summed E-state index contributed by atoms with van der Waals surface area (Å²) in [6, 6.07) is 5.56. The molecule has 1 aromatic rings. The van der Waals surface area contributed by atoms with E-state index in [0.29, 0.717) is 11.4 Å². The van der Waals surface area contributed by atoms with Crippen molar-refractivity contribution >= 4 is 34.2 Å². The molecule has 0 saturated carbocycles. The van der Waals surface area contributed by atoms with Gasteiger partial charge in [-0.3, -0.25) is 0 Å². The van der Waals surface area contributed by atoms with Gasteiger partial charge in [0.25, 0.3) is 0 Å². The van der Waals surface area contributed by atoms with Crippen molar-refractivity contribution in [2.45, 2.75) is 12.5 Å². The summed E-state index contributed by atoms with van der Waals surface area (Å²) in [6.45, 7) is 0.101. The Hall–Kier alpha value is 0.160. The molecule has 1 aromatic carbocycles. The summed E-state index contributed by atoms with van der Waals surface area (Å²) in [4.78, 5) is 0. The van der Waals surface area contributed by atoms with Crippen LogP contribution in [0.5, 0.6) is 0 Å². The topological polar surface area (TPSA) is 46.2 Å². The van der Waals surface area contributed by atoms with Crippen molar-refractivity contribution in [3.05, 3.63) is 32.4 Å². The fourth-order valence-corrected chi connectivity index (χ4v) is 2.22. The number of aliphatic hydroxyl groups excluding tert-OH is 1. The summed E-state index contributed by atoms with van der Waals surface area (Å²) in [6.07, 6.45) is 0.566. The standard InChI is InChI=1S/C9H11ClINO/c10-7-3-6(4-8(11)5-7)9(12)1-2-13/h3-5,9,13H,1-2,12H2/t9-/m1/s1. The van der Waals surface area contributed by atoms with Gasteiger partial charge >= 0.3 is 0 Å². The van der Waals surface area contributed by atoms with Crippen LogP contribution in [0, 0.1) is 3.57 Å². The van der Waals surface area contributed by atoms with Crippen LogP contribution in [0.15, 0.2) is 18.2 Å². The van der Waals surface area contributed by atoms with Gasteiger partial charge in [-0.1, -0.05) is 11.6 Å². The highest BCUT2D eigenvalue weighted by Crippen LogP contribution is 2.21. The molecule has 0 heterocycles. The molecule has 0 aliphatic rings. The first-order valence-corrected chi connectivity index (χ1v) is 5.41. The Kier molecular flexibility index (Phi) is 4.45. The van der Waals surface area contributed by atoms with Crippen LogP contribution in [-0.2, 0) is 0 Å². The molecule has 4 heteroatoms. The molecule has 0 radical (unpaired) electrons. The van der Waals surface area contributed by atoms with Crippen LogP contribution in [0.25, 0.3) is 0 Å². The third-order valence-electron chi connectivity index (χ3n) is 1.75. The molecule has 1 rings (SSSR count). The molecule has 3 N–H and O–H groups in total. The fraction of sp³-hybridized carbons (Fsp3) is 0.333. The highest BCUT2D eigenvalue weighted by atomic mass is 127. The van der Waals surface area contributed by atoms with Crippen LogP contribution >= 0.6 is 34.2 Å². The minimum Gasteiger partial charge on any atom is -0.396 e. The monoisotopic (exact) mass is 311 g/mol. The second kappa shape index (κ2) is 5.14. The van der Waals surface area contributed by atoms with Gasteiger partial charge in [-0.25, -0.2) is 0 Å². The van der Waals surface area contributed by atoms with E-state index in [1.165, 1.54) is 0 Å². The van der Waals surface area contributed by atoms with Crippen LogP contribution in [0.1, 0.15) is 18.0 Å². The lowest BCUT2D eigenvalue weighted by atomic mass is 10.1. The average molecular weight is 312 g/mol. The molecule has 0 bridgehead atoms. The van der Waals surface area contributed by atoms with Crippen molar-refractivity contribution in [1.29, 1.82) is 0 Å². The van der Waals surface area contributed by atoms with E-state index in [1.807, 2.05) is 18.2 Å². The predicted molar refractivity (Wildman–Crippen MR) is 62.8 cm³/mol. The summed E-state index contributed by atoms with van der Waals surface area (Å²) in [5.74, 6) is 0. The average Bonchev–Trinajstić information content (AvgIpc) is 2.03. The third-order valence-corrected chi connectivity index (χ3v) is 2.59. The maximum Gasteiger partial charge on any atom is 0.0449 e. The van der Waals surface area contributed by atoms with E-state index in [1.54, 1.807) is 0 Å². The number of halogens is 2. The van der Waals surface area contributed by atoms with Crippen LogP contribution in [-0.4, -0.2) is 11.7 Å². The van der Waals surface area contributed by atoms with E-state index in [-0.39, 0.29) is 12.6 Å². The maximum atomic E-state index is 8.72. The number of rotatable bonds is 3. The zero-order valence-corrected chi connectivity index (χ0v) is 9.92. The molecule has 13 heavy (non-hydrogen) atoms. The van der Waals surface area contributed by atoms with Gasteiger partial charge in [0.15, 0.2) is 0 Å². The number of hydrogen-bond acceptors (Lipinski definition) is 2.